The van der Waals surface area contributed by atoms with Crippen LogP contribution in [-0.2, 0) is 14.3 Å². The molecule has 1 unspecified atom stereocenters. The number of aliphatic carboxylic acids is 1. The van der Waals surface area contributed by atoms with Gasteiger partial charge < -0.3 is 19.6 Å². The zero-order valence-corrected chi connectivity index (χ0v) is 12.7. The Bertz CT molecular complexity index is 386. The molecule has 21 heavy (non-hydrogen) atoms. The van der Waals surface area contributed by atoms with E-state index >= 15 is 0 Å². The maximum atomic E-state index is 12.4. The molecule has 0 aromatic carbocycles. The third-order valence-corrected chi connectivity index (χ3v) is 3.53. The van der Waals surface area contributed by atoms with Crippen LogP contribution in [0.4, 0.5) is 4.79 Å². The molecule has 0 aromatic heterocycles. The molecule has 0 saturated carbocycles. The first-order valence-electron chi connectivity index (χ1n) is 7.39. The van der Waals surface area contributed by atoms with Crippen molar-refractivity contribution < 1.29 is 24.2 Å². The van der Waals surface area contributed by atoms with Crippen molar-refractivity contribution in [1.29, 1.82) is 0 Å². The lowest BCUT2D eigenvalue weighted by Crippen LogP contribution is -2.49. The second kappa shape index (κ2) is 8.49. The summed E-state index contributed by atoms with van der Waals surface area (Å²) < 4.78 is 4.86. The van der Waals surface area contributed by atoms with Crippen molar-refractivity contribution in [1.82, 2.24) is 9.80 Å². The summed E-state index contributed by atoms with van der Waals surface area (Å²) in [4.78, 5) is 37.7. The van der Waals surface area contributed by atoms with Gasteiger partial charge in [0, 0.05) is 26.1 Å². The SMILES string of the molecule is CCOC(=O)CN(CC)C(=O)N1CCCC(CC(=O)O)C1. The van der Waals surface area contributed by atoms with Crippen molar-refractivity contribution in [2.24, 2.45) is 5.92 Å². The number of carbonyl (C=O) groups excluding carboxylic acids is 2. The molecule has 1 fully saturated rings. The van der Waals surface area contributed by atoms with E-state index in [1.807, 2.05) is 0 Å². The normalized spacial score (nSPS) is 18.2. The van der Waals surface area contributed by atoms with Crippen molar-refractivity contribution in [3.63, 3.8) is 0 Å². The average molecular weight is 300 g/mol. The molecule has 1 atom stereocenters. The Morgan fingerprint density at radius 2 is 2.05 bits per heavy atom. The number of hydrogen-bond donors (Lipinski definition) is 1. The Kier molecular flexibility index (Phi) is 6.98. The van der Waals surface area contributed by atoms with Gasteiger partial charge in [-0.05, 0) is 32.6 Å². The molecule has 0 aliphatic carbocycles. The zero-order chi connectivity index (χ0) is 15.8. The molecule has 1 saturated heterocycles. The lowest BCUT2D eigenvalue weighted by atomic mass is 9.95. The number of likely N-dealkylation sites (tertiary alicyclic amines) is 1. The first-order valence-corrected chi connectivity index (χ1v) is 7.39. The number of ether oxygens (including phenoxy) is 1. The first kappa shape index (κ1) is 17.3. The summed E-state index contributed by atoms with van der Waals surface area (Å²) in [6.07, 6.45) is 1.69. The molecule has 0 aromatic rings. The number of piperidine rings is 1. The highest BCUT2D eigenvalue weighted by molar-refractivity contribution is 5.81. The topological polar surface area (TPSA) is 87.2 Å². The van der Waals surface area contributed by atoms with E-state index in [0.29, 0.717) is 19.6 Å². The number of carbonyl (C=O) groups is 3. The molecule has 7 nitrogen and oxygen atoms in total. The predicted octanol–water partition coefficient (Wildman–Crippen LogP) is 1.18. The fraction of sp³-hybridized carbons (Fsp3) is 0.786. The van der Waals surface area contributed by atoms with E-state index in [0.717, 1.165) is 12.8 Å². The van der Waals surface area contributed by atoms with Crippen LogP contribution in [0.2, 0.25) is 0 Å². The third-order valence-electron chi connectivity index (χ3n) is 3.53. The van der Waals surface area contributed by atoms with Crippen LogP contribution >= 0.6 is 0 Å². The van der Waals surface area contributed by atoms with E-state index in [9.17, 15) is 14.4 Å². The van der Waals surface area contributed by atoms with Crippen molar-refractivity contribution >= 4 is 18.0 Å². The van der Waals surface area contributed by atoms with E-state index in [2.05, 4.69) is 0 Å². The maximum absolute atomic E-state index is 12.4. The summed E-state index contributed by atoms with van der Waals surface area (Å²) in [6, 6.07) is -0.222. The van der Waals surface area contributed by atoms with Crippen LogP contribution in [-0.4, -0.2) is 65.7 Å². The smallest absolute Gasteiger partial charge is 0.325 e. The summed E-state index contributed by atoms with van der Waals surface area (Å²) in [5.41, 5.74) is 0. The second-order valence-corrected chi connectivity index (χ2v) is 5.15. The Morgan fingerprint density at radius 1 is 1.33 bits per heavy atom. The van der Waals surface area contributed by atoms with Crippen molar-refractivity contribution in [3.8, 4) is 0 Å². The molecule has 0 spiro atoms. The number of carboxylic acid groups (broad SMARTS) is 1. The molecule has 2 amide bonds. The molecule has 1 aliphatic rings. The fourth-order valence-corrected chi connectivity index (χ4v) is 2.53. The number of rotatable bonds is 6. The number of carboxylic acids is 1. The van der Waals surface area contributed by atoms with E-state index in [1.54, 1.807) is 18.7 Å². The number of likely N-dealkylation sites (N-methyl/N-ethyl adjacent to an activating group) is 1. The van der Waals surface area contributed by atoms with Crippen LogP contribution in [0, 0.1) is 5.92 Å². The Hall–Kier alpha value is -1.79. The molecule has 120 valence electrons. The Morgan fingerprint density at radius 3 is 2.62 bits per heavy atom. The highest BCUT2D eigenvalue weighted by Gasteiger charge is 2.28. The molecular weight excluding hydrogens is 276 g/mol. The van der Waals surface area contributed by atoms with Gasteiger partial charge in [0.1, 0.15) is 6.54 Å². The van der Waals surface area contributed by atoms with E-state index in [1.165, 1.54) is 4.90 Å². The van der Waals surface area contributed by atoms with Gasteiger partial charge in [0.05, 0.1) is 6.61 Å². The molecule has 1 N–H and O–H groups in total. The fourth-order valence-electron chi connectivity index (χ4n) is 2.53. The predicted molar refractivity (Wildman–Crippen MR) is 75.8 cm³/mol. The third kappa shape index (κ3) is 5.61. The highest BCUT2D eigenvalue weighted by atomic mass is 16.5. The van der Waals surface area contributed by atoms with Crippen molar-refractivity contribution in [3.05, 3.63) is 0 Å². The molecule has 0 radical (unpaired) electrons. The molecule has 1 rings (SSSR count). The van der Waals surface area contributed by atoms with Crippen LogP contribution in [0.3, 0.4) is 0 Å². The largest absolute Gasteiger partial charge is 0.481 e. The van der Waals surface area contributed by atoms with Gasteiger partial charge in [0.15, 0.2) is 0 Å². The van der Waals surface area contributed by atoms with Crippen LogP contribution in [0.15, 0.2) is 0 Å². The molecule has 1 heterocycles. The van der Waals surface area contributed by atoms with E-state index < -0.39 is 11.9 Å². The summed E-state index contributed by atoms with van der Waals surface area (Å²) >= 11 is 0. The van der Waals surface area contributed by atoms with Gasteiger partial charge >= 0.3 is 18.0 Å². The minimum Gasteiger partial charge on any atom is -0.481 e. The lowest BCUT2D eigenvalue weighted by molar-refractivity contribution is -0.143. The van der Waals surface area contributed by atoms with Gasteiger partial charge in [-0.25, -0.2) is 4.79 Å². The van der Waals surface area contributed by atoms with Crippen LogP contribution in [0.5, 0.6) is 0 Å². The monoisotopic (exact) mass is 300 g/mol. The van der Waals surface area contributed by atoms with Crippen molar-refractivity contribution in [2.75, 3.05) is 32.8 Å². The maximum Gasteiger partial charge on any atom is 0.325 e. The molecule has 0 bridgehead atoms. The molecular formula is C14H24N2O5. The van der Waals surface area contributed by atoms with Crippen LogP contribution in [0.25, 0.3) is 0 Å². The number of hydrogen-bond acceptors (Lipinski definition) is 4. The van der Waals surface area contributed by atoms with E-state index in [4.69, 9.17) is 9.84 Å². The second-order valence-electron chi connectivity index (χ2n) is 5.15. The van der Waals surface area contributed by atoms with Gasteiger partial charge in [-0.3, -0.25) is 9.59 Å². The quantitative estimate of drug-likeness (QED) is 0.744. The standard InChI is InChI=1S/C14H24N2O5/c1-3-15(10-13(19)21-4-2)14(20)16-7-5-6-11(9-16)8-12(17)18/h11H,3-10H2,1-2H3,(H,17,18). The van der Waals surface area contributed by atoms with Crippen LogP contribution in [0.1, 0.15) is 33.1 Å². The minimum absolute atomic E-state index is 0.0125. The number of urea groups is 1. The summed E-state index contributed by atoms with van der Waals surface area (Å²) in [5, 5.41) is 8.85. The van der Waals surface area contributed by atoms with Crippen molar-refractivity contribution in [2.45, 2.75) is 33.1 Å². The lowest BCUT2D eigenvalue weighted by Gasteiger charge is -2.35. The number of nitrogens with zero attached hydrogens (tertiary/aromatic N) is 2. The zero-order valence-electron chi connectivity index (χ0n) is 12.7. The van der Waals surface area contributed by atoms with Gasteiger partial charge in [-0.2, -0.15) is 0 Å². The van der Waals surface area contributed by atoms with E-state index in [-0.39, 0.29) is 31.5 Å². The first-order chi connectivity index (χ1) is 9.97. The molecule has 1 aliphatic heterocycles. The summed E-state index contributed by atoms with van der Waals surface area (Å²) in [6.45, 7) is 5.20. The minimum atomic E-state index is -0.840. The molecule has 7 heteroatoms. The summed E-state index contributed by atoms with van der Waals surface area (Å²) in [7, 11) is 0. The van der Waals surface area contributed by atoms with Gasteiger partial charge in [-0.15, -0.1) is 0 Å². The Balaban J connectivity index is 2.58. The summed E-state index contributed by atoms with van der Waals surface area (Å²) in [5.74, 6) is -1.28. The van der Waals surface area contributed by atoms with Gasteiger partial charge in [0.2, 0.25) is 0 Å². The average Bonchev–Trinajstić information content (AvgIpc) is 2.44. The van der Waals surface area contributed by atoms with Crippen LogP contribution < -0.4 is 0 Å². The number of amides is 2. The highest BCUT2D eigenvalue weighted by Crippen LogP contribution is 2.20. The van der Waals surface area contributed by atoms with Gasteiger partial charge in [-0.1, -0.05) is 0 Å². The number of esters is 1. The van der Waals surface area contributed by atoms with Gasteiger partial charge in [0.25, 0.3) is 0 Å². The Labute approximate surface area is 124 Å².